The second-order valence-corrected chi connectivity index (χ2v) is 10.8. The summed E-state index contributed by atoms with van der Waals surface area (Å²) in [6, 6.07) is 24.7. The molecule has 2 nitrogen and oxygen atoms in total. The summed E-state index contributed by atoms with van der Waals surface area (Å²) in [5.74, 6) is 2.15. The minimum absolute atomic E-state index is 0.120. The molecular weight excluding hydrogens is 424 g/mol. The van der Waals surface area contributed by atoms with Crippen LogP contribution in [0.4, 0.5) is 0 Å². The molecule has 4 aromatic rings. The van der Waals surface area contributed by atoms with Crippen molar-refractivity contribution < 1.29 is 4.57 Å². The highest BCUT2D eigenvalue weighted by Crippen LogP contribution is 2.41. The SMILES string of the molecule is CCC1(CC)Cc2ccccc2-c2n(-c3c(C(C)C)cc(-c4ccccc4)cc3C(C)C)cc[n+]21. The fourth-order valence-corrected chi connectivity index (χ4v) is 6.02. The summed E-state index contributed by atoms with van der Waals surface area (Å²) in [6.07, 6.45) is 8.02. The van der Waals surface area contributed by atoms with Gasteiger partial charge in [0.25, 0.3) is 5.82 Å². The molecule has 1 aliphatic heterocycles. The van der Waals surface area contributed by atoms with Crippen LogP contribution in [0.3, 0.4) is 0 Å². The van der Waals surface area contributed by atoms with Crippen LogP contribution in [0.5, 0.6) is 0 Å². The zero-order valence-electron chi connectivity index (χ0n) is 22.2. The first-order chi connectivity index (χ1) is 16.9. The van der Waals surface area contributed by atoms with Crippen molar-refractivity contribution in [2.45, 2.75) is 78.2 Å². The quantitative estimate of drug-likeness (QED) is 0.254. The molecule has 35 heavy (non-hydrogen) atoms. The van der Waals surface area contributed by atoms with Gasteiger partial charge in [-0.15, -0.1) is 0 Å². The zero-order valence-corrected chi connectivity index (χ0v) is 22.2. The second kappa shape index (κ2) is 9.15. The molecule has 3 aromatic carbocycles. The van der Waals surface area contributed by atoms with Crippen molar-refractivity contribution in [3.8, 4) is 28.2 Å². The fraction of sp³-hybridized carbons (Fsp3) is 0.364. The number of fused-ring (bicyclic) bond motifs is 3. The number of nitrogens with zero attached hydrogens (tertiary/aromatic N) is 2. The third-order valence-electron chi connectivity index (χ3n) is 8.19. The standard InChI is InChI=1S/C33H39N2/c1-7-33(8-2)22-26-16-12-13-17-28(26)32-34(18-19-35(32)33)31-29(23(3)4)20-27(21-30(31)24(5)6)25-14-10-9-11-15-25/h9-21,23-24H,7-8,22H2,1-6H3/q+1. The first-order valence-electron chi connectivity index (χ1n) is 13.4. The molecule has 0 saturated heterocycles. The summed E-state index contributed by atoms with van der Waals surface area (Å²) >= 11 is 0. The molecule has 1 aromatic heterocycles. The van der Waals surface area contributed by atoms with Crippen molar-refractivity contribution in [1.82, 2.24) is 4.57 Å². The molecule has 2 heteroatoms. The molecule has 0 radical (unpaired) electrons. The Morgan fingerprint density at radius 1 is 0.800 bits per heavy atom. The van der Waals surface area contributed by atoms with Crippen LogP contribution in [0.2, 0.25) is 0 Å². The predicted octanol–water partition coefficient (Wildman–Crippen LogP) is 8.42. The molecular formula is C33H39N2+. The van der Waals surface area contributed by atoms with E-state index < -0.39 is 0 Å². The van der Waals surface area contributed by atoms with Gasteiger partial charge in [-0.05, 0) is 59.6 Å². The Morgan fingerprint density at radius 3 is 2.00 bits per heavy atom. The summed E-state index contributed by atoms with van der Waals surface area (Å²) in [7, 11) is 0. The summed E-state index contributed by atoms with van der Waals surface area (Å²) in [6.45, 7) is 14.0. The van der Waals surface area contributed by atoms with Crippen molar-refractivity contribution in [3.63, 3.8) is 0 Å². The lowest BCUT2D eigenvalue weighted by molar-refractivity contribution is -0.757. The number of hydrogen-bond donors (Lipinski definition) is 0. The minimum Gasteiger partial charge on any atom is -0.224 e. The van der Waals surface area contributed by atoms with E-state index in [1.165, 1.54) is 44.9 Å². The fourth-order valence-electron chi connectivity index (χ4n) is 6.02. The largest absolute Gasteiger partial charge is 0.294 e. The van der Waals surface area contributed by atoms with Gasteiger partial charge >= 0.3 is 0 Å². The average molecular weight is 464 g/mol. The molecule has 0 aliphatic carbocycles. The summed E-state index contributed by atoms with van der Waals surface area (Å²) in [4.78, 5) is 0. The Hall–Kier alpha value is -3.13. The second-order valence-electron chi connectivity index (χ2n) is 10.8. The van der Waals surface area contributed by atoms with E-state index in [0.29, 0.717) is 11.8 Å². The Balaban J connectivity index is 1.84. The average Bonchev–Trinajstić information content (AvgIpc) is 3.33. The van der Waals surface area contributed by atoms with Crippen LogP contribution in [-0.2, 0) is 12.0 Å². The molecule has 180 valence electrons. The van der Waals surface area contributed by atoms with Gasteiger partial charge in [0.1, 0.15) is 23.6 Å². The Bertz CT molecular complexity index is 1310. The Labute approximate surface area is 211 Å². The Morgan fingerprint density at radius 2 is 1.40 bits per heavy atom. The topological polar surface area (TPSA) is 8.81 Å². The molecule has 0 bridgehead atoms. The van der Waals surface area contributed by atoms with E-state index in [2.05, 4.69) is 130 Å². The van der Waals surface area contributed by atoms with E-state index in [9.17, 15) is 0 Å². The van der Waals surface area contributed by atoms with Gasteiger partial charge in [0, 0.05) is 17.5 Å². The van der Waals surface area contributed by atoms with Gasteiger partial charge in [-0.2, -0.15) is 4.57 Å². The van der Waals surface area contributed by atoms with Crippen LogP contribution in [0.15, 0.2) is 79.1 Å². The lowest BCUT2D eigenvalue weighted by Gasteiger charge is -2.34. The number of hydrogen-bond acceptors (Lipinski definition) is 0. The van der Waals surface area contributed by atoms with Crippen LogP contribution >= 0.6 is 0 Å². The van der Waals surface area contributed by atoms with E-state index in [1.54, 1.807) is 0 Å². The number of imidazole rings is 1. The van der Waals surface area contributed by atoms with Crippen molar-refractivity contribution in [2.75, 3.05) is 0 Å². The predicted molar refractivity (Wildman–Crippen MR) is 147 cm³/mol. The van der Waals surface area contributed by atoms with Crippen molar-refractivity contribution in [3.05, 3.63) is 95.8 Å². The maximum Gasteiger partial charge on any atom is 0.294 e. The van der Waals surface area contributed by atoms with E-state index in [0.717, 1.165) is 19.3 Å². The molecule has 0 unspecified atom stereocenters. The summed E-state index contributed by atoms with van der Waals surface area (Å²) < 4.78 is 5.10. The third kappa shape index (κ3) is 3.84. The van der Waals surface area contributed by atoms with Crippen LogP contribution in [0, 0.1) is 0 Å². The van der Waals surface area contributed by atoms with E-state index >= 15 is 0 Å². The van der Waals surface area contributed by atoms with Gasteiger partial charge in [0.2, 0.25) is 0 Å². The minimum atomic E-state index is 0.120. The number of rotatable bonds is 6. The highest BCUT2D eigenvalue weighted by molar-refractivity contribution is 5.71. The third-order valence-corrected chi connectivity index (χ3v) is 8.19. The highest BCUT2D eigenvalue weighted by atomic mass is 15.2. The van der Waals surface area contributed by atoms with E-state index in [-0.39, 0.29) is 5.54 Å². The molecule has 1 aliphatic rings. The molecule has 0 amide bonds. The first-order valence-corrected chi connectivity index (χ1v) is 13.4. The molecule has 0 spiro atoms. The Kier molecular flexibility index (Phi) is 6.17. The van der Waals surface area contributed by atoms with Crippen LogP contribution in [0.25, 0.3) is 28.2 Å². The molecule has 2 heterocycles. The molecule has 0 N–H and O–H groups in total. The zero-order chi connectivity index (χ0) is 24.7. The monoisotopic (exact) mass is 463 g/mol. The first kappa shape index (κ1) is 23.6. The smallest absolute Gasteiger partial charge is 0.224 e. The maximum atomic E-state index is 2.59. The van der Waals surface area contributed by atoms with Gasteiger partial charge in [-0.3, -0.25) is 0 Å². The van der Waals surface area contributed by atoms with Crippen LogP contribution in [-0.4, -0.2) is 4.57 Å². The molecule has 0 fully saturated rings. The van der Waals surface area contributed by atoms with Crippen molar-refractivity contribution >= 4 is 0 Å². The van der Waals surface area contributed by atoms with Crippen LogP contribution in [0.1, 0.15) is 82.9 Å². The normalized spacial score (nSPS) is 14.3. The highest BCUT2D eigenvalue weighted by Gasteiger charge is 2.43. The van der Waals surface area contributed by atoms with Crippen molar-refractivity contribution in [2.24, 2.45) is 0 Å². The van der Waals surface area contributed by atoms with Crippen molar-refractivity contribution in [1.29, 1.82) is 0 Å². The summed E-state index contributed by atoms with van der Waals surface area (Å²) in [5, 5.41) is 0. The van der Waals surface area contributed by atoms with E-state index in [4.69, 9.17) is 0 Å². The van der Waals surface area contributed by atoms with Crippen LogP contribution < -0.4 is 4.57 Å². The molecule has 5 rings (SSSR count). The number of aromatic nitrogens is 2. The van der Waals surface area contributed by atoms with Gasteiger partial charge in [0.05, 0.1) is 5.56 Å². The van der Waals surface area contributed by atoms with Gasteiger partial charge in [-0.25, -0.2) is 4.57 Å². The molecule has 0 atom stereocenters. The molecule has 0 saturated carbocycles. The maximum absolute atomic E-state index is 2.59. The lowest BCUT2D eigenvalue weighted by atomic mass is 9.80. The van der Waals surface area contributed by atoms with E-state index in [1.807, 2.05) is 0 Å². The van der Waals surface area contributed by atoms with Gasteiger partial charge in [-0.1, -0.05) is 90.1 Å². The van der Waals surface area contributed by atoms with Gasteiger partial charge in [0.15, 0.2) is 0 Å². The number of benzene rings is 3. The lowest BCUT2D eigenvalue weighted by Crippen LogP contribution is -2.59. The summed E-state index contributed by atoms with van der Waals surface area (Å²) in [5.41, 5.74) is 9.74. The van der Waals surface area contributed by atoms with Gasteiger partial charge < -0.3 is 0 Å².